The Bertz CT molecular complexity index is 1140. The fraction of sp³-hybridized carbons (Fsp3) is 0.375. The summed E-state index contributed by atoms with van der Waals surface area (Å²) in [6.45, 7) is 2.37. The summed E-state index contributed by atoms with van der Waals surface area (Å²) in [5, 5.41) is 3.22. The van der Waals surface area contributed by atoms with Crippen LogP contribution in [-0.4, -0.2) is 28.8 Å². The van der Waals surface area contributed by atoms with E-state index in [1.165, 1.54) is 17.7 Å². The molecule has 4 rings (SSSR count). The third-order valence-electron chi connectivity index (χ3n) is 7.30. The van der Waals surface area contributed by atoms with Crippen LogP contribution < -0.4 is 5.32 Å². The molecule has 1 aliphatic carbocycles. The predicted molar refractivity (Wildman–Crippen MR) is 145 cm³/mol. The summed E-state index contributed by atoms with van der Waals surface area (Å²) in [5.41, 5.74) is 4.16. The first-order valence-corrected chi connectivity index (χ1v) is 13.5. The molecule has 2 amide bonds. The molecule has 3 aromatic rings. The molecular weight excluding hydrogens is 463 g/mol. The van der Waals surface area contributed by atoms with E-state index in [0.29, 0.717) is 19.3 Å². The van der Waals surface area contributed by atoms with E-state index in [4.69, 9.17) is 0 Å². The Kier molecular flexibility index (Phi) is 9.47. The first-order chi connectivity index (χ1) is 18.0. The van der Waals surface area contributed by atoms with Gasteiger partial charge in [0.1, 0.15) is 11.9 Å². The average Bonchev–Trinajstić information content (AvgIpc) is 3.44. The zero-order chi connectivity index (χ0) is 26.0. The molecule has 4 nitrogen and oxygen atoms in total. The maximum Gasteiger partial charge on any atom is 0.243 e. The van der Waals surface area contributed by atoms with Crippen LogP contribution in [0.5, 0.6) is 0 Å². The van der Waals surface area contributed by atoms with Gasteiger partial charge in [0, 0.05) is 25.4 Å². The van der Waals surface area contributed by atoms with Gasteiger partial charge in [0.2, 0.25) is 11.8 Å². The summed E-state index contributed by atoms with van der Waals surface area (Å²) in [7, 11) is 0. The first kappa shape index (κ1) is 26.6. The quantitative estimate of drug-likeness (QED) is 0.350. The molecule has 5 heteroatoms. The van der Waals surface area contributed by atoms with Crippen LogP contribution in [-0.2, 0) is 35.4 Å². The van der Waals surface area contributed by atoms with Crippen molar-refractivity contribution < 1.29 is 14.0 Å². The number of nitrogens with zero attached hydrogens (tertiary/aromatic N) is 1. The minimum Gasteiger partial charge on any atom is -0.352 e. The van der Waals surface area contributed by atoms with E-state index in [2.05, 4.69) is 36.5 Å². The van der Waals surface area contributed by atoms with Crippen molar-refractivity contribution in [3.63, 3.8) is 0 Å². The fourth-order valence-corrected chi connectivity index (χ4v) is 5.04. The Morgan fingerprint density at radius 2 is 1.49 bits per heavy atom. The van der Waals surface area contributed by atoms with Gasteiger partial charge in [-0.3, -0.25) is 9.59 Å². The van der Waals surface area contributed by atoms with E-state index in [9.17, 15) is 14.0 Å². The number of rotatable bonds is 11. The molecule has 0 radical (unpaired) electrons. The molecule has 1 N–H and O–H groups in total. The lowest BCUT2D eigenvalue weighted by Crippen LogP contribution is -2.52. The largest absolute Gasteiger partial charge is 0.352 e. The highest BCUT2D eigenvalue weighted by molar-refractivity contribution is 5.88. The van der Waals surface area contributed by atoms with Gasteiger partial charge >= 0.3 is 0 Å². The highest BCUT2D eigenvalue weighted by Gasteiger charge is 2.32. The van der Waals surface area contributed by atoms with Gasteiger partial charge in [-0.25, -0.2) is 4.39 Å². The van der Waals surface area contributed by atoms with Gasteiger partial charge in [-0.1, -0.05) is 86.5 Å². The van der Waals surface area contributed by atoms with E-state index >= 15 is 0 Å². The van der Waals surface area contributed by atoms with Crippen molar-refractivity contribution in [3.8, 4) is 0 Å². The van der Waals surface area contributed by atoms with Gasteiger partial charge in [0.05, 0.1) is 0 Å². The second-order valence-electron chi connectivity index (χ2n) is 10.0. The number of aryl methyl sites for hydroxylation is 2. The van der Waals surface area contributed by atoms with Gasteiger partial charge in [-0.2, -0.15) is 0 Å². The lowest BCUT2D eigenvalue weighted by atomic mass is 10.0. The summed E-state index contributed by atoms with van der Waals surface area (Å²) in [5.74, 6) is -0.512. The van der Waals surface area contributed by atoms with E-state index in [1.807, 2.05) is 30.3 Å². The lowest BCUT2D eigenvalue weighted by Gasteiger charge is -2.32. The van der Waals surface area contributed by atoms with Crippen LogP contribution in [0.25, 0.3) is 0 Å². The Labute approximate surface area is 219 Å². The van der Waals surface area contributed by atoms with Crippen LogP contribution >= 0.6 is 0 Å². The topological polar surface area (TPSA) is 49.4 Å². The van der Waals surface area contributed by atoms with Crippen LogP contribution in [0.1, 0.15) is 61.3 Å². The van der Waals surface area contributed by atoms with Crippen LogP contribution in [0.2, 0.25) is 0 Å². The smallest absolute Gasteiger partial charge is 0.243 e. The van der Waals surface area contributed by atoms with Crippen molar-refractivity contribution in [2.75, 3.05) is 0 Å². The molecule has 0 unspecified atom stereocenters. The average molecular weight is 501 g/mol. The number of nitrogens with one attached hydrogen (secondary N) is 1. The Morgan fingerprint density at radius 3 is 2.14 bits per heavy atom. The summed E-state index contributed by atoms with van der Waals surface area (Å²) in [4.78, 5) is 29.1. The highest BCUT2D eigenvalue weighted by Crippen LogP contribution is 2.21. The molecule has 37 heavy (non-hydrogen) atoms. The zero-order valence-electron chi connectivity index (χ0n) is 21.7. The second kappa shape index (κ2) is 13.2. The Morgan fingerprint density at radius 1 is 0.865 bits per heavy atom. The van der Waals surface area contributed by atoms with Gasteiger partial charge in [-0.15, -0.1) is 0 Å². The van der Waals surface area contributed by atoms with E-state index < -0.39 is 6.04 Å². The van der Waals surface area contributed by atoms with Gasteiger partial charge in [-0.05, 0) is 60.1 Å². The van der Waals surface area contributed by atoms with Crippen molar-refractivity contribution in [2.24, 2.45) is 0 Å². The van der Waals surface area contributed by atoms with Gasteiger partial charge in [0.25, 0.3) is 0 Å². The number of hydrogen-bond donors (Lipinski definition) is 1. The molecule has 1 fully saturated rings. The zero-order valence-corrected chi connectivity index (χ0v) is 21.7. The summed E-state index contributed by atoms with van der Waals surface area (Å²) in [6.07, 6.45) is 6.48. The number of halogens is 1. The summed E-state index contributed by atoms with van der Waals surface area (Å²) >= 11 is 0. The summed E-state index contributed by atoms with van der Waals surface area (Å²) < 4.78 is 13.6. The van der Waals surface area contributed by atoms with Crippen molar-refractivity contribution in [3.05, 3.63) is 107 Å². The molecule has 1 aliphatic rings. The SMILES string of the molecule is CCc1ccc(CCC(=O)N(Cc2ccc(F)cc2)[C@@H](Cc2ccccc2)C(=O)NC2CCCC2)cc1. The molecule has 1 saturated carbocycles. The second-order valence-corrected chi connectivity index (χ2v) is 10.0. The van der Waals surface area contributed by atoms with Crippen molar-refractivity contribution in [1.29, 1.82) is 0 Å². The van der Waals surface area contributed by atoms with Crippen LogP contribution in [0.15, 0.2) is 78.9 Å². The molecule has 0 bridgehead atoms. The normalized spacial score (nSPS) is 14.3. The van der Waals surface area contributed by atoms with Gasteiger partial charge < -0.3 is 10.2 Å². The van der Waals surface area contributed by atoms with Crippen LogP contribution in [0, 0.1) is 5.82 Å². The lowest BCUT2D eigenvalue weighted by molar-refractivity contribution is -0.141. The molecular formula is C32H37FN2O2. The number of carbonyl (C=O) groups excluding carboxylic acids is 2. The number of hydrogen-bond acceptors (Lipinski definition) is 2. The molecule has 0 aromatic heterocycles. The highest BCUT2D eigenvalue weighted by atomic mass is 19.1. The Balaban J connectivity index is 1.58. The standard InChI is InChI=1S/C32H37FN2O2/c1-2-24-12-14-25(15-13-24)18-21-31(36)35(23-27-16-19-28(33)20-17-27)30(22-26-8-4-3-5-9-26)32(37)34-29-10-6-7-11-29/h3-5,8-9,12-17,19-20,29-30H,2,6-7,10-11,18,21-23H2,1H3,(H,34,37)/t30-/m0/s1. The number of benzene rings is 3. The molecule has 0 saturated heterocycles. The maximum absolute atomic E-state index is 13.8. The molecule has 1 atom stereocenters. The number of carbonyl (C=O) groups is 2. The van der Waals surface area contributed by atoms with Crippen molar-refractivity contribution in [2.45, 2.75) is 76.9 Å². The molecule has 0 spiro atoms. The predicted octanol–water partition coefficient (Wildman–Crippen LogP) is 6.02. The molecule has 3 aromatic carbocycles. The fourth-order valence-electron chi connectivity index (χ4n) is 5.04. The Hall–Kier alpha value is -3.47. The van der Waals surface area contributed by atoms with Crippen molar-refractivity contribution in [1.82, 2.24) is 10.2 Å². The van der Waals surface area contributed by atoms with Crippen LogP contribution in [0.4, 0.5) is 4.39 Å². The van der Waals surface area contributed by atoms with Gasteiger partial charge in [0.15, 0.2) is 0 Å². The van der Waals surface area contributed by atoms with E-state index in [0.717, 1.165) is 48.8 Å². The monoisotopic (exact) mass is 500 g/mol. The molecule has 0 heterocycles. The van der Waals surface area contributed by atoms with E-state index in [-0.39, 0.29) is 30.2 Å². The minimum atomic E-state index is -0.650. The summed E-state index contributed by atoms with van der Waals surface area (Å²) in [6, 6.07) is 23.9. The van der Waals surface area contributed by atoms with Crippen LogP contribution in [0.3, 0.4) is 0 Å². The third-order valence-corrected chi connectivity index (χ3v) is 7.30. The van der Waals surface area contributed by atoms with Crippen molar-refractivity contribution >= 4 is 11.8 Å². The number of amides is 2. The third kappa shape index (κ3) is 7.75. The minimum absolute atomic E-state index is 0.0774. The molecule has 0 aliphatic heterocycles. The maximum atomic E-state index is 13.8. The first-order valence-electron chi connectivity index (χ1n) is 13.5. The molecule has 194 valence electrons. The van der Waals surface area contributed by atoms with E-state index in [1.54, 1.807) is 17.0 Å².